The van der Waals surface area contributed by atoms with Crippen LogP contribution in [0.15, 0.2) is 11.6 Å². The largest absolute Gasteiger partial charge is 0.469 e. The van der Waals surface area contributed by atoms with Gasteiger partial charge in [-0.2, -0.15) is 0 Å². The van der Waals surface area contributed by atoms with Crippen LogP contribution in [-0.4, -0.2) is 35.5 Å². The number of esters is 1. The van der Waals surface area contributed by atoms with Crippen molar-refractivity contribution in [2.75, 3.05) is 7.11 Å². The molecule has 4 saturated carbocycles. The molecule has 5 rings (SSSR count). The van der Waals surface area contributed by atoms with Crippen molar-refractivity contribution in [1.29, 1.82) is 0 Å². The van der Waals surface area contributed by atoms with E-state index in [-0.39, 0.29) is 45.1 Å². The first-order valence-corrected chi connectivity index (χ1v) is 14.3. The molecule has 2 N–H and O–H groups in total. The molecule has 0 aromatic carbocycles. The molecule has 4 fully saturated rings. The summed E-state index contributed by atoms with van der Waals surface area (Å²) in [7, 11) is 1.48. The van der Waals surface area contributed by atoms with E-state index in [0.29, 0.717) is 18.3 Å². The van der Waals surface area contributed by atoms with Crippen molar-refractivity contribution in [2.45, 2.75) is 118 Å². The minimum atomic E-state index is -0.637. The van der Waals surface area contributed by atoms with Crippen molar-refractivity contribution >= 4 is 5.97 Å². The summed E-state index contributed by atoms with van der Waals surface area (Å²) in [6, 6.07) is 0. The SMILES string of the molecule is COC(=O)[C@]1(C)CC(O)[C@]2(C)CCC3(C)C(=CCC4[C@@]5(C)CC[C@H](O)C(C)(C)C5CC[C@]43C)C2C1. The molecule has 5 aliphatic rings. The van der Waals surface area contributed by atoms with E-state index in [1.165, 1.54) is 25.5 Å². The maximum atomic E-state index is 12.9. The Morgan fingerprint density at radius 2 is 1.54 bits per heavy atom. The van der Waals surface area contributed by atoms with Gasteiger partial charge >= 0.3 is 5.97 Å². The van der Waals surface area contributed by atoms with E-state index in [9.17, 15) is 15.0 Å². The van der Waals surface area contributed by atoms with E-state index < -0.39 is 11.5 Å². The highest BCUT2D eigenvalue weighted by Gasteiger charge is 2.69. The molecule has 5 unspecified atom stereocenters. The third kappa shape index (κ3) is 3.08. The fourth-order valence-corrected chi connectivity index (χ4v) is 10.9. The monoisotopic (exact) mass is 486 g/mol. The molecule has 35 heavy (non-hydrogen) atoms. The van der Waals surface area contributed by atoms with Crippen molar-refractivity contribution in [1.82, 2.24) is 0 Å². The molecule has 0 saturated heterocycles. The van der Waals surface area contributed by atoms with Gasteiger partial charge in [0, 0.05) is 5.41 Å². The van der Waals surface area contributed by atoms with E-state index in [1.54, 1.807) is 0 Å². The topological polar surface area (TPSA) is 66.8 Å². The summed E-state index contributed by atoms with van der Waals surface area (Å²) in [6.07, 6.45) is 10.7. The summed E-state index contributed by atoms with van der Waals surface area (Å²) in [5.74, 6) is 1.17. The molecule has 0 aromatic heterocycles. The number of carbonyl (C=O) groups excluding carboxylic acids is 1. The third-order valence-electron chi connectivity index (χ3n) is 13.6. The number of aliphatic hydroxyl groups excluding tert-OH is 2. The highest BCUT2D eigenvalue weighted by molar-refractivity contribution is 5.76. The van der Waals surface area contributed by atoms with E-state index >= 15 is 0 Å². The second-order valence-corrected chi connectivity index (χ2v) is 15.2. The third-order valence-corrected chi connectivity index (χ3v) is 13.6. The van der Waals surface area contributed by atoms with Crippen LogP contribution in [0.3, 0.4) is 0 Å². The van der Waals surface area contributed by atoms with Gasteiger partial charge in [-0.1, -0.05) is 53.2 Å². The lowest BCUT2D eigenvalue weighted by molar-refractivity contribution is -0.209. The van der Waals surface area contributed by atoms with Crippen molar-refractivity contribution in [3.05, 3.63) is 11.6 Å². The van der Waals surface area contributed by atoms with Gasteiger partial charge in [0.15, 0.2) is 0 Å². The van der Waals surface area contributed by atoms with Crippen LogP contribution in [0.5, 0.6) is 0 Å². The molecule has 0 bridgehead atoms. The van der Waals surface area contributed by atoms with Crippen LogP contribution < -0.4 is 0 Å². The minimum absolute atomic E-state index is 0.0415. The zero-order valence-corrected chi connectivity index (χ0v) is 23.5. The van der Waals surface area contributed by atoms with Crippen LogP contribution in [0.1, 0.15) is 106 Å². The Morgan fingerprint density at radius 1 is 0.857 bits per heavy atom. The van der Waals surface area contributed by atoms with Crippen molar-refractivity contribution < 1.29 is 19.7 Å². The predicted molar refractivity (Wildman–Crippen MR) is 138 cm³/mol. The molecule has 0 aliphatic heterocycles. The lowest BCUT2D eigenvalue weighted by atomic mass is 9.33. The summed E-state index contributed by atoms with van der Waals surface area (Å²) in [5, 5.41) is 22.3. The normalized spacial score (nSPS) is 54.9. The molecule has 0 aromatic rings. The van der Waals surface area contributed by atoms with Gasteiger partial charge in [0.25, 0.3) is 0 Å². The van der Waals surface area contributed by atoms with Gasteiger partial charge < -0.3 is 14.9 Å². The van der Waals surface area contributed by atoms with Crippen LogP contribution in [0.2, 0.25) is 0 Å². The second-order valence-electron chi connectivity index (χ2n) is 15.2. The quantitative estimate of drug-likeness (QED) is 0.337. The van der Waals surface area contributed by atoms with Crippen molar-refractivity contribution in [3.8, 4) is 0 Å². The number of methoxy groups -OCH3 is 1. The molecular formula is C31H50O4. The summed E-state index contributed by atoms with van der Waals surface area (Å²) < 4.78 is 5.23. The van der Waals surface area contributed by atoms with Gasteiger partial charge in [0.05, 0.1) is 24.7 Å². The zero-order chi connectivity index (χ0) is 25.8. The molecule has 5 aliphatic carbocycles. The van der Waals surface area contributed by atoms with Crippen LogP contribution in [0, 0.1) is 50.2 Å². The Labute approximate surface area is 213 Å². The first-order valence-electron chi connectivity index (χ1n) is 14.3. The zero-order valence-electron chi connectivity index (χ0n) is 23.5. The number of allylic oxidation sites excluding steroid dienone is 2. The van der Waals surface area contributed by atoms with Crippen LogP contribution in [-0.2, 0) is 9.53 Å². The number of fused-ring (bicyclic) bond motifs is 7. The van der Waals surface area contributed by atoms with Crippen molar-refractivity contribution in [3.63, 3.8) is 0 Å². The average Bonchev–Trinajstić information content (AvgIpc) is 2.78. The maximum Gasteiger partial charge on any atom is 0.311 e. The number of hydrogen-bond donors (Lipinski definition) is 2. The van der Waals surface area contributed by atoms with Gasteiger partial charge in [-0.25, -0.2) is 0 Å². The Kier molecular flexibility index (Phi) is 5.59. The smallest absolute Gasteiger partial charge is 0.311 e. The molecular weight excluding hydrogens is 436 g/mol. The minimum Gasteiger partial charge on any atom is -0.469 e. The van der Waals surface area contributed by atoms with E-state index in [1.807, 2.05) is 6.92 Å². The van der Waals surface area contributed by atoms with Crippen LogP contribution in [0.25, 0.3) is 0 Å². The molecule has 0 radical (unpaired) electrons. The number of rotatable bonds is 1. The fourth-order valence-electron chi connectivity index (χ4n) is 10.9. The van der Waals surface area contributed by atoms with Gasteiger partial charge in [0.1, 0.15) is 0 Å². The molecule has 0 heterocycles. The standard InChI is InChI=1S/C31H50O4/c1-26(2)21-11-14-31(7)22(29(21,5)13-12-23(26)32)10-9-19-20-17-27(3,25(34)35-8)18-24(33)28(20,4)15-16-30(19,31)6/h9,20-24,32-33H,10-18H2,1-8H3/t20?,21?,22?,23-,24?,27-,28+,29-,30?,31+/m0/s1. The average molecular weight is 487 g/mol. The highest BCUT2D eigenvalue weighted by atomic mass is 16.5. The molecule has 4 nitrogen and oxygen atoms in total. The first-order chi connectivity index (χ1) is 16.1. The Morgan fingerprint density at radius 3 is 2.20 bits per heavy atom. The van der Waals surface area contributed by atoms with Crippen molar-refractivity contribution in [2.24, 2.45) is 50.2 Å². The van der Waals surface area contributed by atoms with Crippen LogP contribution in [0.4, 0.5) is 0 Å². The Bertz CT molecular complexity index is 938. The molecule has 10 atom stereocenters. The Balaban J connectivity index is 1.58. The number of ether oxygens (including phenoxy) is 1. The summed E-state index contributed by atoms with van der Waals surface area (Å²) in [6.45, 7) is 16.5. The molecule has 4 heteroatoms. The van der Waals surface area contributed by atoms with E-state index in [4.69, 9.17) is 4.74 Å². The molecule has 0 amide bonds. The van der Waals surface area contributed by atoms with Gasteiger partial charge in [-0.05, 0) is 104 Å². The lowest BCUT2D eigenvalue weighted by Crippen LogP contribution is -2.65. The second kappa shape index (κ2) is 7.59. The Hall–Kier alpha value is -0.870. The predicted octanol–water partition coefficient (Wildman–Crippen LogP) is 6.29. The van der Waals surface area contributed by atoms with E-state index in [2.05, 4.69) is 47.6 Å². The fraction of sp³-hybridized carbons (Fsp3) is 0.903. The lowest BCUT2D eigenvalue weighted by Gasteiger charge is -2.71. The van der Waals surface area contributed by atoms with Gasteiger partial charge in [-0.15, -0.1) is 0 Å². The summed E-state index contributed by atoms with van der Waals surface area (Å²) in [4.78, 5) is 12.9. The van der Waals surface area contributed by atoms with E-state index in [0.717, 1.165) is 38.5 Å². The number of hydrogen-bond acceptors (Lipinski definition) is 4. The molecule has 0 spiro atoms. The first kappa shape index (κ1) is 25.8. The highest BCUT2D eigenvalue weighted by Crippen LogP contribution is 2.75. The number of carbonyl (C=O) groups is 1. The maximum absolute atomic E-state index is 12.9. The summed E-state index contributed by atoms with van der Waals surface area (Å²) in [5.41, 5.74) is 1.15. The number of aliphatic hydroxyl groups is 2. The van der Waals surface area contributed by atoms with Gasteiger partial charge in [-0.3, -0.25) is 4.79 Å². The molecule has 198 valence electrons. The summed E-state index contributed by atoms with van der Waals surface area (Å²) >= 11 is 0. The van der Waals surface area contributed by atoms with Crippen LogP contribution >= 0.6 is 0 Å². The van der Waals surface area contributed by atoms with Gasteiger partial charge in [0.2, 0.25) is 0 Å².